The monoisotopic (exact) mass is 282 g/mol. The Bertz CT molecular complexity index is 647. The summed E-state index contributed by atoms with van der Waals surface area (Å²) in [5.74, 6) is -0.444. The first-order valence-corrected chi connectivity index (χ1v) is 6.43. The van der Waals surface area contributed by atoms with Crippen molar-refractivity contribution in [2.75, 3.05) is 17.7 Å². The van der Waals surface area contributed by atoms with Gasteiger partial charge in [-0.1, -0.05) is 0 Å². The predicted molar refractivity (Wildman–Crippen MR) is 77.4 cm³/mol. The van der Waals surface area contributed by atoms with E-state index in [4.69, 9.17) is 10.5 Å². The van der Waals surface area contributed by atoms with E-state index < -0.39 is 5.97 Å². The van der Waals surface area contributed by atoms with Gasteiger partial charge < -0.3 is 15.4 Å². The van der Waals surface area contributed by atoms with E-state index in [9.17, 15) is 4.79 Å². The lowest BCUT2D eigenvalue weighted by Gasteiger charge is -2.12. The smallest absolute Gasteiger partial charge is 0.337 e. The molecule has 0 heterocycles. The highest BCUT2D eigenvalue weighted by molar-refractivity contribution is 5.92. The first-order valence-electron chi connectivity index (χ1n) is 6.43. The van der Waals surface area contributed by atoms with Crippen LogP contribution in [0.2, 0.25) is 0 Å². The number of nitrogens with zero attached hydrogens (tertiary/aromatic N) is 2. The van der Waals surface area contributed by atoms with Crippen molar-refractivity contribution in [3.63, 3.8) is 0 Å². The minimum Gasteiger partial charge on any atom is -0.465 e. The number of benzene rings is 1. The summed E-state index contributed by atoms with van der Waals surface area (Å²) in [4.78, 5) is 11.6. The van der Waals surface area contributed by atoms with Gasteiger partial charge in [0.2, 0.25) is 0 Å². The number of allylic oxidation sites excluding steroid dienone is 1. The minimum absolute atomic E-state index is 0.0455. The third-order valence-corrected chi connectivity index (χ3v) is 2.99. The van der Waals surface area contributed by atoms with Gasteiger partial charge in [0.05, 0.1) is 24.0 Å². The van der Waals surface area contributed by atoms with Crippen LogP contribution in [0, 0.1) is 22.7 Å². The summed E-state index contributed by atoms with van der Waals surface area (Å²) in [6.07, 6.45) is 3.53. The highest BCUT2D eigenvalue weighted by Gasteiger charge is 2.22. The molecule has 6 heteroatoms. The zero-order valence-electron chi connectivity index (χ0n) is 11.5. The molecular formula is C15H14N4O2. The van der Waals surface area contributed by atoms with E-state index in [2.05, 4.69) is 15.4 Å². The number of carbonyl (C=O) groups excluding carboxylic acids is 1. The Hall–Kier alpha value is -2.99. The Morgan fingerprint density at radius 1 is 1.33 bits per heavy atom. The molecule has 0 saturated heterocycles. The Morgan fingerprint density at radius 2 is 2.05 bits per heavy atom. The van der Waals surface area contributed by atoms with Crippen molar-refractivity contribution in [2.24, 2.45) is 0 Å². The van der Waals surface area contributed by atoms with Crippen LogP contribution < -0.4 is 10.6 Å². The Balaban J connectivity index is 2.29. The van der Waals surface area contributed by atoms with Crippen LogP contribution in [0.1, 0.15) is 23.2 Å². The summed E-state index contributed by atoms with van der Waals surface area (Å²) >= 11 is 0. The SMILES string of the molecule is COC(=O)c1ccc(NC2CC2)c(NC=C(C#N)C#N)c1. The van der Waals surface area contributed by atoms with Crippen LogP contribution in [0.5, 0.6) is 0 Å². The molecule has 0 spiro atoms. The van der Waals surface area contributed by atoms with Gasteiger partial charge in [-0.3, -0.25) is 0 Å². The van der Waals surface area contributed by atoms with Crippen LogP contribution in [0.4, 0.5) is 11.4 Å². The average molecular weight is 282 g/mol. The number of ether oxygens (including phenoxy) is 1. The van der Waals surface area contributed by atoms with Gasteiger partial charge in [0.25, 0.3) is 0 Å². The Kier molecular flexibility index (Phi) is 4.43. The van der Waals surface area contributed by atoms with Crippen molar-refractivity contribution in [3.8, 4) is 12.1 Å². The first-order chi connectivity index (χ1) is 10.2. The largest absolute Gasteiger partial charge is 0.465 e. The second-order valence-electron chi connectivity index (χ2n) is 4.60. The van der Waals surface area contributed by atoms with E-state index in [1.807, 2.05) is 0 Å². The molecular weight excluding hydrogens is 268 g/mol. The van der Waals surface area contributed by atoms with Gasteiger partial charge in [0.1, 0.15) is 17.7 Å². The predicted octanol–water partition coefficient (Wildman–Crippen LogP) is 2.39. The molecule has 1 aliphatic rings. The van der Waals surface area contributed by atoms with Crippen LogP contribution >= 0.6 is 0 Å². The highest BCUT2D eigenvalue weighted by atomic mass is 16.5. The average Bonchev–Trinajstić information content (AvgIpc) is 3.32. The van der Waals surface area contributed by atoms with Gasteiger partial charge in [0.15, 0.2) is 0 Å². The molecule has 1 fully saturated rings. The minimum atomic E-state index is -0.444. The van der Waals surface area contributed by atoms with Crippen molar-refractivity contribution in [1.29, 1.82) is 10.5 Å². The summed E-state index contributed by atoms with van der Waals surface area (Å²) < 4.78 is 4.69. The molecule has 1 aromatic rings. The fourth-order valence-electron chi connectivity index (χ4n) is 1.72. The van der Waals surface area contributed by atoms with E-state index in [1.54, 1.807) is 30.3 Å². The summed E-state index contributed by atoms with van der Waals surface area (Å²) in [7, 11) is 1.31. The number of nitriles is 2. The zero-order chi connectivity index (χ0) is 15.2. The third-order valence-electron chi connectivity index (χ3n) is 2.99. The molecule has 0 unspecified atom stereocenters. The van der Waals surface area contributed by atoms with Gasteiger partial charge in [-0.05, 0) is 31.0 Å². The quantitative estimate of drug-likeness (QED) is 0.635. The molecule has 1 saturated carbocycles. The molecule has 6 nitrogen and oxygen atoms in total. The molecule has 0 aliphatic heterocycles. The van der Waals surface area contributed by atoms with Crippen molar-refractivity contribution < 1.29 is 9.53 Å². The van der Waals surface area contributed by atoms with E-state index in [0.29, 0.717) is 17.3 Å². The standard InChI is InChI=1S/C15H14N4O2/c1-21-15(20)11-2-5-13(19-12-3-4-12)14(6-11)18-9-10(7-16)8-17/h2,5-6,9,12,18-19H,3-4H2,1H3. The van der Waals surface area contributed by atoms with Crippen molar-refractivity contribution in [2.45, 2.75) is 18.9 Å². The molecule has 0 atom stereocenters. The lowest BCUT2D eigenvalue weighted by molar-refractivity contribution is 0.0601. The lowest BCUT2D eigenvalue weighted by Crippen LogP contribution is -2.07. The van der Waals surface area contributed by atoms with Crippen LogP contribution in [0.25, 0.3) is 0 Å². The first kappa shape index (κ1) is 14.4. The van der Waals surface area contributed by atoms with Crippen molar-refractivity contribution in [1.82, 2.24) is 0 Å². The summed E-state index contributed by atoms with van der Waals surface area (Å²) in [6, 6.07) is 9.04. The van der Waals surface area contributed by atoms with Crippen LogP contribution in [0.15, 0.2) is 30.0 Å². The van der Waals surface area contributed by atoms with Gasteiger partial charge in [-0.15, -0.1) is 0 Å². The van der Waals surface area contributed by atoms with Gasteiger partial charge in [-0.25, -0.2) is 4.79 Å². The second-order valence-corrected chi connectivity index (χ2v) is 4.60. The lowest BCUT2D eigenvalue weighted by atomic mass is 10.1. The molecule has 0 aromatic heterocycles. The Morgan fingerprint density at radius 3 is 2.62 bits per heavy atom. The number of anilines is 2. The van der Waals surface area contributed by atoms with Crippen molar-refractivity contribution in [3.05, 3.63) is 35.5 Å². The fraction of sp³-hybridized carbons (Fsp3) is 0.267. The molecule has 0 radical (unpaired) electrons. The number of rotatable bonds is 5. The molecule has 21 heavy (non-hydrogen) atoms. The molecule has 0 amide bonds. The molecule has 1 aliphatic carbocycles. The number of esters is 1. The van der Waals surface area contributed by atoms with Crippen LogP contribution in [0.3, 0.4) is 0 Å². The number of nitrogens with one attached hydrogen (secondary N) is 2. The number of hydrogen-bond acceptors (Lipinski definition) is 6. The number of carbonyl (C=O) groups is 1. The third kappa shape index (κ3) is 3.74. The maximum atomic E-state index is 11.6. The van der Waals surface area contributed by atoms with E-state index in [0.717, 1.165) is 18.5 Å². The molecule has 2 rings (SSSR count). The zero-order valence-corrected chi connectivity index (χ0v) is 11.5. The maximum absolute atomic E-state index is 11.6. The second kappa shape index (κ2) is 6.44. The van der Waals surface area contributed by atoms with Gasteiger partial charge in [-0.2, -0.15) is 10.5 Å². The molecule has 106 valence electrons. The summed E-state index contributed by atoms with van der Waals surface area (Å²) in [6.45, 7) is 0. The van der Waals surface area contributed by atoms with E-state index in [-0.39, 0.29) is 5.57 Å². The summed E-state index contributed by atoms with van der Waals surface area (Å²) in [5.41, 5.74) is 1.78. The van der Waals surface area contributed by atoms with Crippen LogP contribution in [-0.4, -0.2) is 19.1 Å². The van der Waals surface area contributed by atoms with E-state index in [1.165, 1.54) is 13.3 Å². The van der Waals surface area contributed by atoms with Crippen molar-refractivity contribution >= 4 is 17.3 Å². The van der Waals surface area contributed by atoms with Crippen LogP contribution in [-0.2, 0) is 4.74 Å². The molecule has 0 bridgehead atoms. The fourth-order valence-corrected chi connectivity index (χ4v) is 1.72. The van der Waals surface area contributed by atoms with Gasteiger partial charge >= 0.3 is 5.97 Å². The topological polar surface area (TPSA) is 97.9 Å². The number of hydrogen-bond donors (Lipinski definition) is 2. The highest BCUT2D eigenvalue weighted by Crippen LogP contribution is 2.30. The number of methoxy groups -OCH3 is 1. The van der Waals surface area contributed by atoms with E-state index >= 15 is 0 Å². The molecule has 2 N–H and O–H groups in total. The normalized spacial score (nSPS) is 12.5. The maximum Gasteiger partial charge on any atom is 0.337 e. The summed E-state index contributed by atoms with van der Waals surface area (Å²) in [5, 5.41) is 23.7. The van der Waals surface area contributed by atoms with Gasteiger partial charge in [0, 0.05) is 12.2 Å². The molecule has 1 aromatic carbocycles. The Labute approximate surface area is 122 Å².